The van der Waals surface area contributed by atoms with Crippen molar-refractivity contribution in [3.63, 3.8) is 0 Å². The zero-order valence-corrected chi connectivity index (χ0v) is 15.9. The number of nitrogens with one attached hydrogen (secondary N) is 1. The SMILES string of the molecule is CCn1nc(C(=O)N2CCC[C@H](Cc3cnc(NC)cn3)CC2)cc1C. The average Bonchev–Trinajstić information content (AvgIpc) is 2.89. The van der Waals surface area contributed by atoms with Gasteiger partial charge >= 0.3 is 0 Å². The molecule has 0 aromatic carbocycles. The molecule has 2 aromatic rings. The van der Waals surface area contributed by atoms with Crippen LogP contribution in [-0.2, 0) is 13.0 Å². The third kappa shape index (κ3) is 4.20. The number of anilines is 1. The van der Waals surface area contributed by atoms with E-state index in [0.717, 1.165) is 62.5 Å². The Bertz CT molecular complexity index is 739. The summed E-state index contributed by atoms with van der Waals surface area (Å²) in [5, 5.41) is 7.42. The predicted octanol–water partition coefficient (Wildman–Crippen LogP) is 2.53. The molecule has 1 N–H and O–H groups in total. The maximum Gasteiger partial charge on any atom is 0.274 e. The van der Waals surface area contributed by atoms with E-state index in [9.17, 15) is 4.79 Å². The molecule has 3 rings (SSSR count). The van der Waals surface area contributed by atoms with E-state index < -0.39 is 0 Å². The van der Waals surface area contributed by atoms with Crippen LogP contribution in [0, 0.1) is 12.8 Å². The summed E-state index contributed by atoms with van der Waals surface area (Å²) in [4.78, 5) is 23.6. The molecule has 1 aliphatic heterocycles. The van der Waals surface area contributed by atoms with Crippen molar-refractivity contribution in [3.8, 4) is 0 Å². The minimum atomic E-state index is 0.0547. The standard InChI is InChI=1S/C19H28N6O/c1-4-25-14(2)10-17(23-25)19(26)24-8-5-6-15(7-9-24)11-16-12-22-18(20-3)13-21-16/h10,12-13,15H,4-9,11H2,1-3H3,(H,20,22)/t15-/m0/s1. The largest absolute Gasteiger partial charge is 0.372 e. The molecule has 2 aromatic heterocycles. The van der Waals surface area contributed by atoms with Gasteiger partial charge in [-0.3, -0.25) is 14.5 Å². The van der Waals surface area contributed by atoms with Crippen LogP contribution in [0.3, 0.4) is 0 Å². The molecule has 0 bridgehead atoms. The van der Waals surface area contributed by atoms with E-state index >= 15 is 0 Å². The van der Waals surface area contributed by atoms with Gasteiger partial charge in [0.05, 0.1) is 18.1 Å². The number of carbonyl (C=O) groups is 1. The number of amides is 1. The molecule has 140 valence electrons. The van der Waals surface area contributed by atoms with E-state index in [4.69, 9.17) is 0 Å². The molecule has 7 nitrogen and oxygen atoms in total. The van der Waals surface area contributed by atoms with Crippen molar-refractivity contribution < 1.29 is 4.79 Å². The fourth-order valence-corrected chi connectivity index (χ4v) is 3.55. The van der Waals surface area contributed by atoms with E-state index in [0.29, 0.717) is 11.6 Å². The van der Waals surface area contributed by atoms with Gasteiger partial charge in [0, 0.05) is 32.4 Å². The molecule has 1 amide bonds. The zero-order valence-electron chi connectivity index (χ0n) is 15.9. The van der Waals surface area contributed by atoms with Gasteiger partial charge in [-0.2, -0.15) is 5.10 Å². The van der Waals surface area contributed by atoms with Crippen LogP contribution in [0.15, 0.2) is 18.5 Å². The molecule has 1 fully saturated rings. The molecule has 0 aliphatic carbocycles. The van der Waals surface area contributed by atoms with E-state index in [1.807, 2.05) is 42.7 Å². The third-order valence-corrected chi connectivity index (χ3v) is 5.09. The first-order chi connectivity index (χ1) is 12.6. The Kier molecular flexibility index (Phi) is 5.85. The summed E-state index contributed by atoms with van der Waals surface area (Å²) < 4.78 is 1.88. The Hall–Kier alpha value is -2.44. The minimum absolute atomic E-state index is 0.0547. The first-order valence-electron chi connectivity index (χ1n) is 9.43. The molecular formula is C19H28N6O. The van der Waals surface area contributed by atoms with Crippen LogP contribution < -0.4 is 5.32 Å². The highest BCUT2D eigenvalue weighted by Crippen LogP contribution is 2.22. The Labute approximate surface area is 154 Å². The zero-order chi connectivity index (χ0) is 18.5. The molecule has 1 aliphatic rings. The van der Waals surface area contributed by atoms with Crippen LogP contribution in [0.25, 0.3) is 0 Å². The van der Waals surface area contributed by atoms with Gasteiger partial charge < -0.3 is 10.2 Å². The molecule has 0 saturated carbocycles. The molecule has 0 radical (unpaired) electrons. The number of likely N-dealkylation sites (tertiary alicyclic amines) is 1. The predicted molar refractivity (Wildman–Crippen MR) is 101 cm³/mol. The number of carbonyl (C=O) groups excluding carboxylic acids is 1. The molecule has 1 saturated heterocycles. The summed E-state index contributed by atoms with van der Waals surface area (Å²) >= 11 is 0. The van der Waals surface area contributed by atoms with Crippen LogP contribution in [0.4, 0.5) is 5.82 Å². The molecule has 0 spiro atoms. The summed E-state index contributed by atoms with van der Waals surface area (Å²) in [6.07, 6.45) is 7.67. The first kappa shape index (κ1) is 18.4. The second-order valence-corrected chi connectivity index (χ2v) is 6.92. The number of nitrogens with zero attached hydrogens (tertiary/aromatic N) is 5. The molecule has 0 unspecified atom stereocenters. The van der Waals surface area contributed by atoms with Gasteiger partial charge in [0.15, 0.2) is 5.69 Å². The first-order valence-corrected chi connectivity index (χ1v) is 9.43. The summed E-state index contributed by atoms with van der Waals surface area (Å²) in [6, 6.07) is 1.90. The van der Waals surface area contributed by atoms with Crippen molar-refractivity contribution in [1.82, 2.24) is 24.6 Å². The fraction of sp³-hybridized carbons (Fsp3) is 0.579. The van der Waals surface area contributed by atoms with Crippen molar-refractivity contribution in [2.75, 3.05) is 25.5 Å². The van der Waals surface area contributed by atoms with Gasteiger partial charge in [-0.15, -0.1) is 0 Å². The van der Waals surface area contributed by atoms with Gasteiger partial charge in [-0.1, -0.05) is 0 Å². The number of rotatable bonds is 5. The fourth-order valence-electron chi connectivity index (χ4n) is 3.55. The van der Waals surface area contributed by atoms with Gasteiger partial charge in [0.1, 0.15) is 5.82 Å². The van der Waals surface area contributed by atoms with E-state index in [1.54, 1.807) is 6.20 Å². The van der Waals surface area contributed by atoms with E-state index in [2.05, 4.69) is 20.4 Å². The molecule has 1 atom stereocenters. The van der Waals surface area contributed by atoms with Gasteiger partial charge in [0.2, 0.25) is 0 Å². The molecule has 7 heteroatoms. The smallest absolute Gasteiger partial charge is 0.274 e. The van der Waals surface area contributed by atoms with Crippen LogP contribution >= 0.6 is 0 Å². The highest BCUT2D eigenvalue weighted by Gasteiger charge is 2.24. The Morgan fingerprint density at radius 3 is 2.77 bits per heavy atom. The monoisotopic (exact) mass is 356 g/mol. The van der Waals surface area contributed by atoms with E-state index in [-0.39, 0.29) is 5.91 Å². The van der Waals surface area contributed by atoms with Crippen molar-refractivity contribution in [3.05, 3.63) is 35.5 Å². The van der Waals surface area contributed by atoms with Crippen molar-refractivity contribution in [1.29, 1.82) is 0 Å². The number of hydrogen-bond donors (Lipinski definition) is 1. The number of aryl methyl sites for hydroxylation is 2. The molecule has 26 heavy (non-hydrogen) atoms. The van der Waals surface area contributed by atoms with Crippen molar-refractivity contribution in [2.45, 2.75) is 46.1 Å². The normalized spacial score (nSPS) is 17.8. The lowest BCUT2D eigenvalue weighted by Gasteiger charge is -2.19. The Balaban J connectivity index is 1.59. The van der Waals surface area contributed by atoms with Gasteiger partial charge in [-0.25, -0.2) is 4.98 Å². The lowest BCUT2D eigenvalue weighted by atomic mass is 9.95. The topological polar surface area (TPSA) is 75.9 Å². The highest BCUT2D eigenvalue weighted by atomic mass is 16.2. The third-order valence-electron chi connectivity index (χ3n) is 5.09. The average molecular weight is 356 g/mol. The lowest BCUT2D eigenvalue weighted by Crippen LogP contribution is -2.32. The lowest BCUT2D eigenvalue weighted by molar-refractivity contribution is 0.0753. The Morgan fingerprint density at radius 1 is 1.27 bits per heavy atom. The number of hydrogen-bond acceptors (Lipinski definition) is 5. The molecule has 3 heterocycles. The number of aromatic nitrogens is 4. The summed E-state index contributed by atoms with van der Waals surface area (Å²) in [5.74, 6) is 1.38. The summed E-state index contributed by atoms with van der Waals surface area (Å²) in [5.41, 5.74) is 2.62. The van der Waals surface area contributed by atoms with Crippen LogP contribution in [-0.4, -0.2) is 50.7 Å². The van der Waals surface area contributed by atoms with Crippen molar-refractivity contribution >= 4 is 11.7 Å². The quantitative estimate of drug-likeness (QED) is 0.891. The van der Waals surface area contributed by atoms with Crippen LogP contribution in [0.1, 0.15) is 48.1 Å². The van der Waals surface area contributed by atoms with Gasteiger partial charge in [0.25, 0.3) is 5.91 Å². The van der Waals surface area contributed by atoms with E-state index in [1.165, 1.54) is 0 Å². The minimum Gasteiger partial charge on any atom is -0.372 e. The van der Waals surface area contributed by atoms with Gasteiger partial charge in [-0.05, 0) is 51.5 Å². The Morgan fingerprint density at radius 2 is 2.12 bits per heavy atom. The second kappa shape index (κ2) is 8.29. The maximum absolute atomic E-state index is 12.8. The summed E-state index contributed by atoms with van der Waals surface area (Å²) in [6.45, 7) is 6.40. The summed E-state index contributed by atoms with van der Waals surface area (Å²) in [7, 11) is 1.84. The second-order valence-electron chi connectivity index (χ2n) is 6.92. The maximum atomic E-state index is 12.8. The van der Waals surface area contributed by atoms with Crippen molar-refractivity contribution in [2.24, 2.45) is 5.92 Å². The highest BCUT2D eigenvalue weighted by molar-refractivity contribution is 5.92. The van der Waals surface area contributed by atoms with Crippen LogP contribution in [0.5, 0.6) is 0 Å². The molecular weight excluding hydrogens is 328 g/mol. The van der Waals surface area contributed by atoms with Crippen LogP contribution in [0.2, 0.25) is 0 Å².